The summed E-state index contributed by atoms with van der Waals surface area (Å²) in [6, 6.07) is 7.54. The molecule has 1 atom stereocenters. The lowest BCUT2D eigenvalue weighted by Gasteiger charge is -2.27. The molecule has 0 fully saturated rings. The molecular weight excluding hydrogens is 323 g/mol. The smallest absolute Gasteiger partial charge is 0.410 e. The maximum atomic E-state index is 12.8. The van der Waals surface area contributed by atoms with E-state index in [1.165, 1.54) is 0 Å². The highest BCUT2D eigenvalue weighted by Crippen LogP contribution is 2.32. The summed E-state index contributed by atoms with van der Waals surface area (Å²) >= 11 is 0. The summed E-state index contributed by atoms with van der Waals surface area (Å²) in [7, 11) is 0. The lowest BCUT2D eigenvalue weighted by Crippen LogP contribution is -2.35. The summed E-state index contributed by atoms with van der Waals surface area (Å²) in [5, 5.41) is 29.4. The Morgan fingerprint density at radius 2 is 1.71 bits per heavy atom. The second-order valence-corrected chi connectivity index (χ2v) is 5.60. The normalized spacial score (nSPS) is 20.8. The van der Waals surface area contributed by atoms with E-state index in [0.717, 1.165) is 23.3 Å². The van der Waals surface area contributed by atoms with Crippen molar-refractivity contribution >= 4 is 11.4 Å². The minimum atomic E-state index is -4.85. The summed E-state index contributed by atoms with van der Waals surface area (Å²) < 4.78 is 38.4. The van der Waals surface area contributed by atoms with Crippen molar-refractivity contribution in [2.24, 2.45) is 5.16 Å². The van der Waals surface area contributed by atoms with Crippen LogP contribution in [0.4, 0.5) is 13.2 Å². The second kappa shape index (κ2) is 5.79. The standard InChI is InChI=1S/C16H14F3N3O2/c17-16(18,19)15(23)11-5-12(21-24)14(20)13(6-11)22-7-9-3-1-2-4-10(9)8-22/h1-6,15,20,23-24H,7-8H2/b20-14?,21-12-. The molecule has 1 aromatic rings. The summed E-state index contributed by atoms with van der Waals surface area (Å²) in [6.07, 6.45) is -5.56. The van der Waals surface area contributed by atoms with Gasteiger partial charge in [0.25, 0.3) is 0 Å². The van der Waals surface area contributed by atoms with E-state index in [2.05, 4.69) is 5.16 Å². The van der Waals surface area contributed by atoms with Gasteiger partial charge in [-0.05, 0) is 28.9 Å². The van der Waals surface area contributed by atoms with Crippen molar-refractivity contribution in [3.8, 4) is 0 Å². The van der Waals surface area contributed by atoms with Crippen molar-refractivity contribution in [3.63, 3.8) is 0 Å². The second-order valence-electron chi connectivity index (χ2n) is 5.60. The third-order valence-electron chi connectivity index (χ3n) is 4.03. The summed E-state index contributed by atoms with van der Waals surface area (Å²) in [6.45, 7) is 0.858. The fourth-order valence-corrected chi connectivity index (χ4v) is 2.81. The minimum Gasteiger partial charge on any atom is -0.410 e. The van der Waals surface area contributed by atoms with Crippen LogP contribution in [0.5, 0.6) is 0 Å². The van der Waals surface area contributed by atoms with Gasteiger partial charge in [0.15, 0.2) is 6.10 Å². The molecule has 0 bridgehead atoms. The van der Waals surface area contributed by atoms with Crippen LogP contribution >= 0.6 is 0 Å². The van der Waals surface area contributed by atoms with Gasteiger partial charge >= 0.3 is 6.18 Å². The number of allylic oxidation sites excluding steroid dienone is 2. The third kappa shape index (κ3) is 2.80. The lowest BCUT2D eigenvalue weighted by atomic mass is 9.96. The SMILES string of the molecule is N=C1C(N2Cc3ccccc3C2)=CC(C(O)C(F)(F)F)=C/C1=N/O. The zero-order valence-corrected chi connectivity index (χ0v) is 12.4. The molecule has 0 saturated carbocycles. The van der Waals surface area contributed by atoms with Crippen LogP contribution in [0.3, 0.4) is 0 Å². The molecular formula is C16H14F3N3O2. The molecule has 3 N–H and O–H groups in total. The zero-order valence-electron chi connectivity index (χ0n) is 12.4. The van der Waals surface area contributed by atoms with Crippen molar-refractivity contribution < 1.29 is 23.5 Å². The van der Waals surface area contributed by atoms with Crippen LogP contribution in [0.25, 0.3) is 0 Å². The average molecular weight is 337 g/mol. The lowest BCUT2D eigenvalue weighted by molar-refractivity contribution is -0.190. The number of nitrogens with one attached hydrogen (secondary N) is 1. The van der Waals surface area contributed by atoms with Crippen LogP contribution < -0.4 is 0 Å². The average Bonchev–Trinajstić information content (AvgIpc) is 2.97. The molecule has 5 nitrogen and oxygen atoms in total. The van der Waals surface area contributed by atoms with Crippen LogP contribution in [0, 0.1) is 5.41 Å². The van der Waals surface area contributed by atoms with Crippen molar-refractivity contribution in [1.29, 1.82) is 5.41 Å². The number of hydrogen-bond acceptors (Lipinski definition) is 5. The molecule has 1 aliphatic heterocycles. The van der Waals surface area contributed by atoms with Crippen LogP contribution in [0.15, 0.2) is 52.8 Å². The van der Waals surface area contributed by atoms with Gasteiger partial charge in [-0.2, -0.15) is 13.2 Å². The first kappa shape index (κ1) is 16.3. The first-order valence-corrected chi connectivity index (χ1v) is 7.12. The van der Waals surface area contributed by atoms with Crippen LogP contribution in [-0.4, -0.2) is 38.9 Å². The molecule has 1 heterocycles. The number of benzene rings is 1. The van der Waals surface area contributed by atoms with E-state index < -0.39 is 17.9 Å². The number of halogens is 3. The van der Waals surface area contributed by atoms with Gasteiger partial charge in [-0.3, -0.25) is 5.41 Å². The van der Waals surface area contributed by atoms with E-state index in [0.29, 0.717) is 13.1 Å². The van der Waals surface area contributed by atoms with E-state index >= 15 is 0 Å². The van der Waals surface area contributed by atoms with Gasteiger partial charge in [-0.1, -0.05) is 29.4 Å². The van der Waals surface area contributed by atoms with E-state index in [4.69, 9.17) is 10.6 Å². The first-order valence-electron chi connectivity index (χ1n) is 7.12. The molecule has 1 aliphatic carbocycles. The third-order valence-corrected chi connectivity index (χ3v) is 4.03. The Morgan fingerprint density at radius 3 is 2.21 bits per heavy atom. The highest BCUT2D eigenvalue weighted by atomic mass is 19.4. The molecule has 24 heavy (non-hydrogen) atoms. The van der Waals surface area contributed by atoms with E-state index in [1.807, 2.05) is 24.3 Å². The number of hydrogen-bond donors (Lipinski definition) is 3. The molecule has 8 heteroatoms. The summed E-state index contributed by atoms with van der Waals surface area (Å²) in [4.78, 5) is 1.72. The predicted molar refractivity (Wildman–Crippen MR) is 80.9 cm³/mol. The largest absolute Gasteiger partial charge is 0.418 e. The highest BCUT2D eigenvalue weighted by Gasteiger charge is 2.42. The summed E-state index contributed by atoms with van der Waals surface area (Å²) in [5.74, 6) is 0. The Balaban J connectivity index is 1.96. The van der Waals surface area contributed by atoms with Crippen molar-refractivity contribution in [2.75, 3.05) is 0 Å². The number of aliphatic hydroxyl groups excluding tert-OH is 1. The van der Waals surface area contributed by atoms with Gasteiger partial charge in [0, 0.05) is 13.1 Å². The number of nitrogens with zero attached hydrogens (tertiary/aromatic N) is 2. The monoisotopic (exact) mass is 337 g/mol. The topological polar surface area (TPSA) is 79.9 Å². The Morgan fingerprint density at radius 1 is 1.12 bits per heavy atom. The van der Waals surface area contributed by atoms with Crippen LogP contribution in [-0.2, 0) is 13.1 Å². The molecule has 0 saturated heterocycles. The molecule has 126 valence electrons. The van der Waals surface area contributed by atoms with E-state index in [1.54, 1.807) is 4.90 Å². The molecule has 2 aliphatic rings. The van der Waals surface area contributed by atoms with Gasteiger partial charge in [0.1, 0.15) is 11.4 Å². The van der Waals surface area contributed by atoms with Gasteiger partial charge in [-0.25, -0.2) is 0 Å². The van der Waals surface area contributed by atoms with Gasteiger partial charge in [0.2, 0.25) is 0 Å². The number of alkyl halides is 3. The number of aliphatic hydroxyl groups is 1. The minimum absolute atomic E-state index is 0.180. The molecule has 0 amide bonds. The molecule has 0 spiro atoms. The first-order chi connectivity index (χ1) is 11.3. The summed E-state index contributed by atoms with van der Waals surface area (Å²) in [5.41, 5.74) is 1.24. The van der Waals surface area contributed by atoms with Crippen molar-refractivity contribution in [2.45, 2.75) is 25.4 Å². The van der Waals surface area contributed by atoms with Crippen molar-refractivity contribution in [3.05, 3.63) is 58.8 Å². The van der Waals surface area contributed by atoms with Crippen LogP contribution in [0.2, 0.25) is 0 Å². The molecule has 1 unspecified atom stereocenters. The fraction of sp³-hybridized carbons (Fsp3) is 0.250. The maximum absolute atomic E-state index is 12.8. The zero-order chi connectivity index (χ0) is 17.5. The van der Waals surface area contributed by atoms with E-state index in [-0.39, 0.29) is 17.1 Å². The molecule has 3 rings (SSSR count). The number of rotatable bonds is 2. The Kier molecular flexibility index (Phi) is 3.92. The molecule has 0 aromatic heterocycles. The number of fused-ring (bicyclic) bond motifs is 1. The number of oxime groups is 1. The van der Waals surface area contributed by atoms with Crippen LogP contribution in [0.1, 0.15) is 11.1 Å². The Hall–Kier alpha value is -2.61. The fourth-order valence-electron chi connectivity index (χ4n) is 2.81. The van der Waals surface area contributed by atoms with E-state index in [9.17, 15) is 18.3 Å². The van der Waals surface area contributed by atoms with Crippen molar-refractivity contribution in [1.82, 2.24) is 4.90 Å². The highest BCUT2D eigenvalue weighted by molar-refractivity contribution is 6.51. The Bertz CT molecular complexity index is 756. The molecule has 0 radical (unpaired) electrons. The maximum Gasteiger partial charge on any atom is 0.418 e. The Labute approximate surface area is 135 Å². The van der Waals surface area contributed by atoms with Gasteiger partial charge in [-0.15, -0.1) is 0 Å². The molecule has 1 aromatic carbocycles. The van der Waals surface area contributed by atoms with Gasteiger partial charge in [0.05, 0.1) is 5.70 Å². The predicted octanol–water partition coefficient (Wildman–Crippen LogP) is 2.60. The quantitative estimate of drug-likeness (QED) is 0.441. The van der Waals surface area contributed by atoms with Gasteiger partial charge < -0.3 is 15.2 Å².